The third-order valence-corrected chi connectivity index (χ3v) is 4.31. The van der Waals surface area contributed by atoms with Gasteiger partial charge in [0.15, 0.2) is 6.61 Å². The Balaban J connectivity index is 1.49. The summed E-state index contributed by atoms with van der Waals surface area (Å²) in [7, 11) is 0. The van der Waals surface area contributed by atoms with Crippen LogP contribution in [0, 0.1) is 19.7 Å². The molecule has 3 rings (SSSR count). The van der Waals surface area contributed by atoms with Gasteiger partial charge in [0.25, 0.3) is 5.91 Å². The van der Waals surface area contributed by atoms with E-state index in [1.54, 1.807) is 24.3 Å². The number of hydrazone groups is 1. The maximum absolute atomic E-state index is 13.2. The minimum absolute atomic E-state index is 0.122. The number of esters is 1. The summed E-state index contributed by atoms with van der Waals surface area (Å²) in [5, 5.41) is 3.89. The molecule has 0 atom stereocenters. The average Bonchev–Trinajstić information content (AvgIpc) is 2.74. The van der Waals surface area contributed by atoms with Crippen LogP contribution in [0.1, 0.15) is 27.0 Å². The lowest BCUT2D eigenvalue weighted by atomic mass is 10.1. The van der Waals surface area contributed by atoms with Gasteiger partial charge in [0, 0.05) is 0 Å². The summed E-state index contributed by atoms with van der Waals surface area (Å²) >= 11 is 0. The highest BCUT2D eigenvalue weighted by Crippen LogP contribution is 2.22. The summed E-state index contributed by atoms with van der Waals surface area (Å²) in [4.78, 5) is 24.0. The van der Waals surface area contributed by atoms with Crippen molar-refractivity contribution in [2.24, 2.45) is 5.10 Å². The molecular weight excluding hydrogens is 399 g/mol. The van der Waals surface area contributed by atoms with E-state index >= 15 is 0 Å². The zero-order valence-corrected chi connectivity index (χ0v) is 17.1. The van der Waals surface area contributed by atoms with Gasteiger partial charge in [0.2, 0.25) is 0 Å². The summed E-state index contributed by atoms with van der Waals surface area (Å²) in [5.74, 6) is -0.568. The first-order valence-corrected chi connectivity index (χ1v) is 9.51. The summed E-state index contributed by atoms with van der Waals surface area (Å²) in [6.07, 6.45) is 1.45. The Morgan fingerprint density at radius 2 is 1.68 bits per heavy atom. The van der Waals surface area contributed by atoms with Crippen LogP contribution in [-0.2, 0) is 4.79 Å². The Morgan fingerprint density at radius 1 is 1.00 bits per heavy atom. The lowest BCUT2D eigenvalue weighted by Crippen LogP contribution is -2.25. The minimum Gasteiger partial charge on any atom is -0.483 e. The van der Waals surface area contributed by atoms with Crippen molar-refractivity contribution in [3.8, 4) is 11.5 Å². The van der Waals surface area contributed by atoms with Gasteiger partial charge in [-0.2, -0.15) is 5.10 Å². The first kappa shape index (κ1) is 21.7. The Bertz CT molecular complexity index is 1090. The van der Waals surface area contributed by atoms with Crippen LogP contribution in [0.15, 0.2) is 71.8 Å². The number of nitrogens with zero attached hydrogens (tertiary/aromatic N) is 1. The van der Waals surface area contributed by atoms with Crippen molar-refractivity contribution in [1.29, 1.82) is 0 Å². The molecule has 0 aliphatic carbocycles. The third-order valence-electron chi connectivity index (χ3n) is 4.31. The quantitative estimate of drug-likeness (QED) is 0.269. The van der Waals surface area contributed by atoms with Gasteiger partial charge in [-0.25, -0.2) is 14.6 Å². The molecule has 1 N–H and O–H groups in total. The predicted octanol–water partition coefficient (Wildman–Crippen LogP) is 4.19. The van der Waals surface area contributed by atoms with Crippen LogP contribution in [0.3, 0.4) is 0 Å². The van der Waals surface area contributed by atoms with Crippen LogP contribution in [0.4, 0.5) is 4.39 Å². The van der Waals surface area contributed by atoms with Crippen LogP contribution >= 0.6 is 0 Å². The largest absolute Gasteiger partial charge is 0.483 e. The SMILES string of the molecule is Cc1cccc(C)c1OCC(=O)N/N=C/c1ccc(OC(=O)c2cccc(F)c2)cc1. The van der Waals surface area contributed by atoms with Crippen molar-refractivity contribution in [2.75, 3.05) is 6.61 Å². The number of nitrogens with one attached hydrogen (secondary N) is 1. The Hall–Kier alpha value is -4.00. The molecule has 0 heterocycles. The molecule has 0 radical (unpaired) electrons. The number of benzene rings is 3. The zero-order chi connectivity index (χ0) is 22.2. The van der Waals surface area contributed by atoms with Gasteiger partial charge in [0.1, 0.15) is 17.3 Å². The van der Waals surface area contributed by atoms with Gasteiger partial charge in [-0.15, -0.1) is 0 Å². The second kappa shape index (κ2) is 10.2. The molecule has 1 amide bonds. The molecule has 0 unspecified atom stereocenters. The number of amides is 1. The molecule has 0 aromatic heterocycles. The van der Waals surface area contributed by atoms with Crippen LogP contribution in [-0.4, -0.2) is 24.7 Å². The monoisotopic (exact) mass is 420 g/mol. The fraction of sp³-hybridized carbons (Fsp3) is 0.125. The second-order valence-corrected chi connectivity index (χ2v) is 6.77. The Labute approximate surface area is 179 Å². The molecule has 0 saturated heterocycles. The summed E-state index contributed by atoms with van der Waals surface area (Å²) in [6.45, 7) is 3.67. The molecule has 0 bridgehead atoms. The van der Waals surface area contributed by atoms with E-state index in [0.717, 1.165) is 17.2 Å². The van der Waals surface area contributed by atoms with Crippen LogP contribution in [0.5, 0.6) is 11.5 Å². The normalized spacial score (nSPS) is 10.7. The molecule has 6 nitrogen and oxygen atoms in total. The molecule has 31 heavy (non-hydrogen) atoms. The molecule has 0 fully saturated rings. The van der Waals surface area contributed by atoms with Crippen LogP contribution < -0.4 is 14.9 Å². The number of halogens is 1. The molecule has 3 aromatic carbocycles. The number of carbonyl (C=O) groups is 2. The van der Waals surface area contributed by atoms with E-state index in [-0.39, 0.29) is 18.1 Å². The number of para-hydroxylation sites is 1. The Morgan fingerprint density at radius 3 is 2.35 bits per heavy atom. The first-order chi connectivity index (χ1) is 14.9. The maximum atomic E-state index is 13.2. The number of rotatable bonds is 7. The molecule has 0 spiro atoms. The van der Waals surface area contributed by atoms with Gasteiger partial charge in [-0.1, -0.05) is 24.3 Å². The van der Waals surface area contributed by atoms with E-state index < -0.39 is 11.8 Å². The van der Waals surface area contributed by atoms with Gasteiger partial charge >= 0.3 is 5.97 Å². The van der Waals surface area contributed by atoms with E-state index in [1.165, 1.54) is 24.4 Å². The average molecular weight is 420 g/mol. The molecule has 0 saturated carbocycles. The van der Waals surface area contributed by atoms with E-state index in [4.69, 9.17) is 9.47 Å². The predicted molar refractivity (Wildman–Crippen MR) is 115 cm³/mol. The van der Waals surface area contributed by atoms with Crippen LogP contribution in [0.2, 0.25) is 0 Å². The molecule has 158 valence electrons. The van der Waals surface area contributed by atoms with Crippen molar-refractivity contribution < 1.29 is 23.5 Å². The third kappa shape index (κ3) is 6.24. The molecular formula is C24H21FN2O4. The minimum atomic E-state index is -0.655. The van der Waals surface area contributed by atoms with Crippen molar-refractivity contribution in [3.63, 3.8) is 0 Å². The number of aryl methyl sites for hydroxylation is 2. The van der Waals surface area contributed by atoms with Crippen molar-refractivity contribution in [2.45, 2.75) is 13.8 Å². The lowest BCUT2D eigenvalue weighted by molar-refractivity contribution is -0.123. The molecule has 0 aliphatic heterocycles. The van der Waals surface area contributed by atoms with E-state index in [0.29, 0.717) is 17.1 Å². The molecule has 7 heteroatoms. The van der Waals surface area contributed by atoms with Gasteiger partial charge in [-0.3, -0.25) is 4.79 Å². The van der Waals surface area contributed by atoms with Crippen molar-refractivity contribution in [1.82, 2.24) is 5.43 Å². The highest BCUT2D eigenvalue weighted by molar-refractivity contribution is 5.91. The number of ether oxygens (including phenoxy) is 2. The topological polar surface area (TPSA) is 77.0 Å². The summed E-state index contributed by atoms with van der Waals surface area (Å²) in [6, 6.07) is 17.5. The van der Waals surface area contributed by atoms with Gasteiger partial charge in [0.05, 0.1) is 11.8 Å². The summed E-state index contributed by atoms with van der Waals surface area (Å²) < 4.78 is 24.0. The van der Waals surface area contributed by atoms with E-state index in [1.807, 2.05) is 32.0 Å². The van der Waals surface area contributed by atoms with E-state index in [2.05, 4.69) is 10.5 Å². The number of hydrogen-bond acceptors (Lipinski definition) is 5. The summed E-state index contributed by atoms with van der Waals surface area (Å²) in [5.41, 5.74) is 5.11. The Kier molecular flexibility index (Phi) is 7.11. The standard InChI is InChI=1S/C24H21FN2O4/c1-16-5-3-6-17(2)23(16)30-15-22(28)27-26-14-18-9-11-21(12-10-18)31-24(29)19-7-4-8-20(25)13-19/h3-14H,15H2,1-2H3,(H,27,28)/b26-14+. The zero-order valence-electron chi connectivity index (χ0n) is 17.1. The molecule has 3 aromatic rings. The fourth-order valence-electron chi connectivity index (χ4n) is 2.78. The second-order valence-electron chi connectivity index (χ2n) is 6.77. The maximum Gasteiger partial charge on any atom is 0.343 e. The van der Waals surface area contributed by atoms with Gasteiger partial charge in [-0.05, 0) is 73.0 Å². The highest BCUT2D eigenvalue weighted by Gasteiger charge is 2.09. The fourth-order valence-corrected chi connectivity index (χ4v) is 2.78. The van der Waals surface area contributed by atoms with E-state index in [9.17, 15) is 14.0 Å². The smallest absolute Gasteiger partial charge is 0.343 e. The van der Waals surface area contributed by atoms with Gasteiger partial charge < -0.3 is 9.47 Å². The van der Waals surface area contributed by atoms with Crippen LogP contribution in [0.25, 0.3) is 0 Å². The first-order valence-electron chi connectivity index (χ1n) is 9.51. The lowest BCUT2D eigenvalue weighted by Gasteiger charge is -2.10. The number of hydrogen-bond donors (Lipinski definition) is 1. The number of carbonyl (C=O) groups excluding carboxylic acids is 2. The molecule has 0 aliphatic rings. The van der Waals surface area contributed by atoms with Crippen molar-refractivity contribution >= 4 is 18.1 Å². The highest BCUT2D eigenvalue weighted by atomic mass is 19.1. The van der Waals surface area contributed by atoms with Crippen molar-refractivity contribution in [3.05, 3.63) is 94.8 Å².